The van der Waals surface area contributed by atoms with E-state index in [-0.39, 0.29) is 5.95 Å². The fraction of sp³-hybridized carbons (Fsp3) is 0.769. The number of likely N-dealkylation sites (N-methyl/N-ethyl adjacent to an activating group) is 1. The molecule has 0 aromatic carbocycles. The number of aromatic nitrogens is 3. The molecule has 20 heavy (non-hydrogen) atoms. The molecule has 0 saturated carbocycles. The zero-order chi connectivity index (χ0) is 15.0. The maximum Gasteiger partial charge on any atom is 0.232 e. The van der Waals surface area contributed by atoms with Crippen LogP contribution in [0.15, 0.2) is 0 Å². The van der Waals surface area contributed by atoms with Gasteiger partial charge in [0.05, 0.1) is 6.61 Å². The minimum Gasteiger partial charge on any atom is -0.380 e. The summed E-state index contributed by atoms with van der Waals surface area (Å²) < 4.78 is 5.38. The molecule has 0 fully saturated rings. The van der Waals surface area contributed by atoms with Crippen molar-refractivity contribution in [2.24, 2.45) is 0 Å². The van der Waals surface area contributed by atoms with Crippen LogP contribution in [0.4, 0.5) is 17.8 Å². The molecular formula is C13H26N6O. The van der Waals surface area contributed by atoms with Gasteiger partial charge in [-0.3, -0.25) is 0 Å². The SMILES string of the molecule is CCOCCN(CC)c1nc(N)nc(N(CC)CC)n1. The standard InChI is InChI=1S/C13H26N6O/c1-5-18(6-2)12-15-11(14)16-13(17-12)19(7-3)9-10-20-8-4/h5-10H2,1-4H3,(H2,14,15,16,17). The molecule has 0 atom stereocenters. The third kappa shape index (κ3) is 4.48. The molecule has 0 unspecified atom stereocenters. The van der Waals surface area contributed by atoms with Gasteiger partial charge in [-0.1, -0.05) is 0 Å². The Balaban J connectivity index is 2.91. The summed E-state index contributed by atoms with van der Waals surface area (Å²) >= 11 is 0. The quantitative estimate of drug-likeness (QED) is 0.681. The second-order valence-electron chi connectivity index (χ2n) is 4.24. The number of hydrogen-bond acceptors (Lipinski definition) is 7. The summed E-state index contributed by atoms with van der Waals surface area (Å²) in [5.41, 5.74) is 5.81. The molecule has 7 nitrogen and oxygen atoms in total. The Morgan fingerprint density at radius 3 is 1.95 bits per heavy atom. The Labute approximate surface area is 121 Å². The summed E-state index contributed by atoms with van der Waals surface area (Å²) in [6.07, 6.45) is 0. The van der Waals surface area contributed by atoms with Crippen molar-refractivity contribution >= 4 is 17.8 Å². The predicted octanol–water partition coefficient (Wildman–Crippen LogP) is 1.16. The third-order valence-corrected chi connectivity index (χ3v) is 3.05. The van der Waals surface area contributed by atoms with E-state index in [1.807, 2.05) is 11.8 Å². The van der Waals surface area contributed by atoms with Crippen molar-refractivity contribution in [3.05, 3.63) is 0 Å². The van der Waals surface area contributed by atoms with Crippen LogP contribution in [-0.2, 0) is 4.74 Å². The molecule has 0 aliphatic carbocycles. The molecule has 0 amide bonds. The van der Waals surface area contributed by atoms with Gasteiger partial charge >= 0.3 is 0 Å². The lowest BCUT2D eigenvalue weighted by atomic mass is 10.5. The first-order valence-corrected chi connectivity index (χ1v) is 7.25. The van der Waals surface area contributed by atoms with Crippen molar-refractivity contribution in [1.29, 1.82) is 0 Å². The first-order valence-electron chi connectivity index (χ1n) is 7.25. The third-order valence-electron chi connectivity index (χ3n) is 3.05. The molecule has 7 heteroatoms. The van der Waals surface area contributed by atoms with Gasteiger partial charge in [-0.05, 0) is 27.7 Å². The average Bonchev–Trinajstić information content (AvgIpc) is 2.44. The van der Waals surface area contributed by atoms with Crippen molar-refractivity contribution in [3.8, 4) is 0 Å². The van der Waals surface area contributed by atoms with E-state index >= 15 is 0 Å². The zero-order valence-electron chi connectivity index (χ0n) is 13.0. The molecular weight excluding hydrogens is 256 g/mol. The highest BCUT2D eigenvalue weighted by atomic mass is 16.5. The van der Waals surface area contributed by atoms with Crippen LogP contribution in [0.1, 0.15) is 27.7 Å². The van der Waals surface area contributed by atoms with E-state index in [1.165, 1.54) is 0 Å². The minimum absolute atomic E-state index is 0.256. The second kappa shape index (κ2) is 8.52. The average molecular weight is 282 g/mol. The first kappa shape index (κ1) is 16.4. The van der Waals surface area contributed by atoms with Crippen molar-refractivity contribution < 1.29 is 4.74 Å². The lowest BCUT2D eigenvalue weighted by Gasteiger charge is -2.23. The van der Waals surface area contributed by atoms with Crippen molar-refractivity contribution in [2.45, 2.75) is 27.7 Å². The van der Waals surface area contributed by atoms with E-state index in [1.54, 1.807) is 0 Å². The highest BCUT2D eigenvalue weighted by molar-refractivity contribution is 5.43. The highest BCUT2D eigenvalue weighted by Crippen LogP contribution is 2.14. The normalized spacial score (nSPS) is 10.6. The second-order valence-corrected chi connectivity index (χ2v) is 4.24. The van der Waals surface area contributed by atoms with Crippen molar-refractivity contribution in [2.75, 3.05) is 54.9 Å². The summed E-state index contributed by atoms with van der Waals surface area (Å²) in [5.74, 6) is 1.50. The van der Waals surface area contributed by atoms with E-state index in [0.29, 0.717) is 25.1 Å². The summed E-state index contributed by atoms with van der Waals surface area (Å²) in [6, 6.07) is 0. The topological polar surface area (TPSA) is 80.4 Å². The van der Waals surface area contributed by atoms with Crippen LogP contribution in [0.3, 0.4) is 0 Å². The van der Waals surface area contributed by atoms with Crippen LogP contribution in [0, 0.1) is 0 Å². The molecule has 0 spiro atoms. The van der Waals surface area contributed by atoms with Crippen molar-refractivity contribution in [3.63, 3.8) is 0 Å². The van der Waals surface area contributed by atoms with Crippen LogP contribution in [0.2, 0.25) is 0 Å². The molecule has 0 bridgehead atoms. The lowest BCUT2D eigenvalue weighted by Crippen LogP contribution is -2.31. The molecule has 2 N–H and O–H groups in total. The summed E-state index contributed by atoms with van der Waals surface area (Å²) in [6.45, 7) is 12.7. The number of rotatable bonds is 9. The Morgan fingerprint density at radius 2 is 1.45 bits per heavy atom. The number of nitrogen functional groups attached to an aromatic ring is 1. The van der Waals surface area contributed by atoms with Gasteiger partial charge in [-0.15, -0.1) is 0 Å². The molecule has 1 aromatic heterocycles. The lowest BCUT2D eigenvalue weighted by molar-refractivity contribution is 0.153. The van der Waals surface area contributed by atoms with Crippen molar-refractivity contribution in [1.82, 2.24) is 15.0 Å². The number of ether oxygens (including phenoxy) is 1. The molecule has 114 valence electrons. The molecule has 0 saturated heterocycles. The van der Waals surface area contributed by atoms with E-state index in [0.717, 1.165) is 26.2 Å². The van der Waals surface area contributed by atoms with Gasteiger partial charge in [0.1, 0.15) is 0 Å². The first-order chi connectivity index (χ1) is 9.65. The largest absolute Gasteiger partial charge is 0.380 e. The molecule has 0 aliphatic heterocycles. The van der Waals surface area contributed by atoms with Gasteiger partial charge in [-0.2, -0.15) is 15.0 Å². The van der Waals surface area contributed by atoms with E-state index < -0.39 is 0 Å². The highest BCUT2D eigenvalue weighted by Gasteiger charge is 2.13. The van der Waals surface area contributed by atoms with Crippen LogP contribution < -0.4 is 15.5 Å². The molecule has 1 aromatic rings. The van der Waals surface area contributed by atoms with Gasteiger partial charge in [0.15, 0.2) is 0 Å². The predicted molar refractivity (Wildman–Crippen MR) is 82.2 cm³/mol. The maximum atomic E-state index is 5.81. The Hall–Kier alpha value is -1.63. The van der Waals surface area contributed by atoms with Crippen LogP contribution >= 0.6 is 0 Å². The van der Waals surface area contributed by atoms with Crippen LogP contribution in [0.5, 0.6) is 0 Å². The molecule has 1 heterocycles. The molecule has 0 radical (unpaired) electrons. The summed E-state index contributed by atoms with van der Waals surface area (Å²) in [4.78, 5) is 17.1. The fourth-order valence-electron chi connectivity index (χ4n) is 1.88. The summed E-state index contributed by atoms with van der Waals surface area (Å²) in [5, 5.41) is 0. The van der Waals surface area contributed by atoms with E-state index in [9.17, 15) is 0 Å². The maximum absolute atomic E-state index is 5.81. The smallest absolute Gasteiger partial charge is 0.232 e. The molecule has 0 aliphatic rings. The Kier molecular flexibility index (Phi) is 7.00. The number of nitrogens with zero attached hydrogens (tertiary/aromatic N) is 5. The van der Waals surface area contributed by atoms with E-state index in [4.69, 9.17) is 10.5 Å². The number of nitrogens with two attached hydrogens (primary N) is 1. The Morgan fingerprint density at radius 1 is 0.900 bits per heavy atom. The Bertz CT molecular complexity index is 396. The van der Waals surface area contributed by atoms with Crippen LogP contribution in [-0.4, -0.2) is 54.3 Å². The monoisotopic (exact) mass is 282 g/mol. The molecule has 1 rings (SSSR count). The zero-order valence-corrected chi connectivity index (χ0v) is 13.0. The number of anilines is 3. The van der Waals surface area contributed by atoms with Gasteiger partial charge in [0.25, 0.3) is 0 Å². The summed E-state index contributed by atoms with van der Waals surface area (Å²) in [7, 11) is 0. The number of hydrogen-bond donors (Lipinski definition) is 1. The van der Waals surface area contributed by atoms with Gasteiger partial charge in [0, 0.05) is 32.8 Å². The minimum atomic E-state index is 0.256. The van der Waals surface area contributed by atoms with Crippen LogP contribution in [0.25, 0.3) is 0 Å². The van der Waals surface area contributed by atoms with Gasteiger partial charge in [0.2, 0.25) is 17.8 Å². The fourth-order valence-corrected chi connectivity index (χ4v) is 1.88. The van der Waals surface area contributed by atoms with E-state index in [2.05, 4.69) is 40.6 Å². The van der Waals surface area contributed by atoms with Gasteiger partial charge < -0.3 is 20.3 Å². The van der Waals surface area contributed by atoms with Gasteiger partial charge in [-0.25, -0.2) is 0 Å².